The molecule has 21 heavy (non-hydrogen) atoms. The zero-order valence-corrected chi connectivity index (χ0v) is 13.3. The number of hydrogen-bond donors (Lipinski definition) is 2. The molecule has 1 aromatic carbocycles. The van der Waals surface area contributed by atoms with Crippen LogP contribution in [0.2, 0.25) is 0 Å². The molecule has 1 saturated heterocycles. The molecule has 2 heterocycles. The highest BCUT2D eigenvalue weighted by Gasteiger charge is 2.30. The molecular formula is C14H16N2O3S2. The first-order valence-corrected chi connectivity index (χ1v) is 8.67. The van der Waals surface area contributed by atoms with Crippen molar-refractivity contribution in [3.63, 3.8) is 0 Å². The molecule has 3 atom stereocenters. The Morgan fingerprint density at radius 3 is 2.57 bits per heavy atom. The van der Waals surface area contributed by atoms with Gasteiger partial charge in [0.1, 0.15) is 17.1 Å². The molecule has 1 aliphatic heterocycles. The number of hydrogen-bond acceptors (Lipinski definition) is 7. The van der Waals surface area contributed by atoms with Gasteiger partial charge in [0.05, 0.1) is 5.25 Å². The largest absolute Gasteiger partial charge is 0.507 e. The van der Waals surface area contributed by atoms with Gasteiger partial charge in [-0.05, 0) is 12.1 Å². The summed E-state index contributed by atoms with van der Waals surface area (Å²) in [5, 5.41) is 25.0. The van der Waals surface area contributed by atoms with Crippen LogP contribution in [0, 0.1) is 0 Å². The number of thioether (sulfide) groups is 2. The predicted molar refractivity (Wildman–Crippen MR) is 84.8 cm³/mol. The molecule has 0 amide bonds. The van der Waals surface area contributed by atoms with E-state index in [1.807, 2.05) is 23.5 Å². The van der Waals surface area contributed by atoms with E-state index in [0.29, 0.717) is 16.3 Å². The lowest BCUT2D eigenvalue weighted by atomic mass is 10.2. The average molecular weight is 324 g/mol. The van der Waals surface area contributed by atoms with Crippen molar-refractivity contribution < 1.29 is 14.7 Å². The van der Waals surface area contributed by atoms with Gasteiger partial charge in [0.2, 0.25) is 0 Å². The first-order chi connectivity index (χ1) is 10.1. The molecule has 3 unspecified atom stereocenters. The summed E-state index contributed by atoms with van der Waals surface area (Å²) in [5.74, 6) is 1.55. The van der Waals surface area contributed by atoms with E-state index < -0.39 is 0 Å². The molecule has 2 aromatic rings. The van der Waals surface area contributed by atoms with Gasteiger partial charge in [-0.15, -0.1) is 11.8 Å². The molecule has 3 rings (SSSR count). The van der Waals surface area contributed by atoms with Crippen molar-refractivity contribution in [2.24, 2.45) is 0 Å². The third-order valence-corrected chi connectivity index (χ3v) is 6.90. The van der Waals surface area contributed by atoms with E-state index in [1.165, 1.54) is 12.1 Å². The van der Waals surface area contributed by atoms with Crippen LogP contribution < -0.4 is 0 Å². The number of benzene rings is 1. The Morgan fingerprint density at radius 1 is 1.19 bits per heavy atom. The molecule has 0 aliphatic carbocycles. The van der Waals surface area contributed by atoms with Crippen LogP contribution in [0.5, 0.6) is 11.5 Å². The lowest BCUT2D eigenvalue weighted by molar-refractivity contribution is 0.410. The Morgan fingerprint density at radius 2 is 1.90 bits per heavy atom. The highest BCUT2D eigenvalue weighted by molar-refractivity contribution is 8.07. The lowest BCUT2D eigenvalue weighted by Gasteiger charge is -2.29. The second-order valence-electron chi connectivity index (χ2n) is 5.00. The summed E-state index contributed by atoms with van der Waals surface area (Å²) < 4.78 is 5.22. The Labute approximate surface area is 131 Å². The van der Waals surface area contributed by atoms with E-state index in [9.17, 15) is 10.2 Å². The van der Waals surface area contributed by atoms with Crippen LogP contribution in [-0.4, -0.2) is 36.6 Å². The van der Waals surface area contributed by atoms with E-state index in [2.05, 4.69) is 24.0 Å². The van der Waals surface area contributed by atoms with Crippen LogP contribution in [0.25, 0.3) is 11.5 Å². The molecule has 7 heteroatoms. The van der Waals surface area contributed by atoms with Gasteiger partial charge < -0.3 is 14.7 Å². The molecule has 1 aliphatic rings. The SMILES string of the molecule is CC1SCC(c2noc(-c3c(O)cccc3O)n2)SC1C. The Balaban J connectivity index is 1.87. The fourth-order valence-corrected chi connectivity index (χ4v) is 4.97. The quantitative estimate of drug-likeness (QED) is 0.876. The Hall–Kier alpha value is -1.34. The molecule has 112 valence electrons. The van der Waals surface area contributed by atoms with E-state index in [0.717, 1.165) is 5.75 Å². The van der Waals surface area contributed by atoms with Crippen LogP contribution in [0.1, 0.15) is 24.9 Å². The van der Waals surface area contributed by atoms with E-state index in [4.69, 9.17) is 4.52 Å². The maximum absolute atomic E-state index is 9.84. The molecule has 2 N–H and O–H groups in total. The van der Waals surface area contributed by atoms with E-state index >= 15 is 0 Å². The van der Waals surface area contributed by atoms with Crippen LogP contribution in [-0.2, 0) is 0 Å². The van der Waals surface area contributed by atoms with Gasteiger partial charge in [-0.3, -0.25) is 0 Å². The van der Waals surface area contributed by atoms with Crippen molar-refractivity contribution in [1.29, 1.82) is 0 Å². The monoisotopic (exact) mass is 324 g/mol. The summed E-state index contributed by atoms with van der Waals surface area (Å²) in [6.45, 7) is 4.42. The van der Waals surface area contributed by atoms with Gasteiger partial charge >= 0.3 is 0 Å². The molecule has 0 saturated carbocycles. The molecule has 0 bridgehead atoms. The van der Waals surface area contributed by atoms with Gasteiger partial charge in [-0.2, -0.15) is 16.7 Å². The predicted octanol–water partition coefficient (Wildman–Crippen LogP) is 3.45. The highest BCUT2D eigenvalue weighted by atomic mass is 32.2. The number of phenols is 2. The first-order valence-electron chi connectivity index (χ1n) is 6.68. The summed E-state index contributed by atoms with van der Waals surface area (Å²) in [6.07, 6.45) is 0. The second kappa shape index (κ2) is 5.81. The fraction of sp³-hybridized carbons (Fsp3) is 0.429. The lowest BCUT2D eigenvalue weighted by Crippen LogP contribution is -2.22. The second-order valence-corrected chi connectivity index (χ2v) is 7.99. The topological polar surface area (TPSA) is 79.4 Å². The van der Waals surface area contributed by atoms with Crippen molar-refractivity contribution in [2.75, 3.05) is 5.75 Å². The van der Waals surface area contributed by atoms with Crippen LogP contribution in [0.15, 0.2) is 22.7 Å². The number of phenolic OH excluding ortho intramolecular Hbond substituents is 2. The number of rotatable bonds is 2. The maximum atomic E-state index is 9.84. The van der Waals surface area contributed by atoms with Gasteiger partial charge in [-0.1, -0.05) is 25.1 Å². The smallest absolute Gasteiger partial charge is 0.265 e. The van der Waals surface area contributed by atoms with Crippen molar-refractivity contribution in [1.82, 2.24) is 10.1 Å². The molecule has 0 radical (unpaired) electrons. The standard InChI is InChI=1S/C14H16N2O3S2/c1-7-8(2)21-11(6-20-7)13-15-14(19-16-13)12-9(17)4-3-5-10(12)18/h3-5,7-8,11,17-18H,6H2,1-2H3. The zero-order valence-electron chi connectivity index (χ0n) is 11.7. The molecule has 1 aromatic heterocycles. The minimum absolute atomic E-state index is 0.0714. The molecule has 5 nitrogen and oxygen atoms in total. The van der Waals surface area contributed by atoms with Crippen LogP contribution >= 0.6 is 23.5 Å². The normalized spacial score (nSPS) is 25.9. The van der Waals surface area contributed by atoms with Crippen molar-refractivity contribution >= 4 is 23.5 Å². The average Bonchev–Trinajstić information content (AvgIpc) is 2.91. The molecular weight excluding hydrogens is 308 g/mol. The highest BCUT2D eigenvalue weighted by Crippen LogP contribution is 2.44. The summed E-state index contributed by atoms with van der Waals surface area (Å²) in [4.78, 5) is 4.35. The summed E-state index contributed by atoms with van der Waals surface area (Å²) in [5.41, 5.74) is 0.186. The molecule has 1 fully saturated rings. The zero-order chi connectivity index (χ0) is 15.0. The van der Waals surface area contributed by atoms with Crippen LogP contribution in [0.3, 0.4) is 0 Å². The van der Waals surface area contributed by atoms with Gasteiger partial charge in [0, 0.05) is 16.3 Å². The first kappa shape index (κ1) is 14.6. The fourth-order valence-electron chi connectivity index (χ4n) is 2.13. The number of nitrogens with zero attached hydrogens (tertiary/aromatic N) is 2. The third-order valence-electron chi connectivity index (χ3n) is 3.51. The third kappa shape index (κ3) is 2.85. The van der Waals surface area contributed by atoms with E-state index in [-0.39, 0.29) is 28.2 Å². The minimum Gasteiger partial charge on any atom is -0.507 e. The summed E-state index contributed by atoms with van der Waals surface area (Å²) >= 11 is 3.73. The van der Waals surface area contributed by atoms with Gasteiger partial charge in [-0.25, -0.2) is 0 Å². The van der Waals surface area contributed by atoms with Crippen molar-refractivity contribution in [2.45, 2.75) is 29.6 Å². The Bertz CT molecular complexity index is 627. The van der Waals surface area contributed by atoms with Crippen molar-refractivity contribution in [3.8, 4) is 23.0 Å². The van der Waals surface area contributed by atoms with Gasteiger partial charge in [0.15, 0.2) is 5.82 Å². The number of aromatic hydroxyl groups is 2. The van der Waals surface area contributed by atoms with Crippen LogP contribution in [0.4, 0.5) is 0 Å². The Kier molecular flexibility index (Phi) is 4.03. The van der Waals surface area contributed by atoms with E-state index in [1.54, 1.807) is 6.07 Å². The summed E-state index contributed by atoms with van der Waals surface area (Å²) in [7, 11) is 0. The van der Waals surface area contributed by atoms with Crippen molar-refractivity contribution in [3.05, 3.63) is 24.0 Å². The number of aromatic nitrogens is 2. The maximum Gasteiger partial charge on any atom is 0.265 e. The summed E-state index contributed by atoms with van der Waals surface area (Å²) in [6, 6.07) is 4.52. The minimum atomic E-state index is -0.0714. The van der Waals surface area contributed by atoms with Gasteiger partial charge in [0.25, 0.3) is 5.89 Å². The molecule has 0 spiro atoms.